The molecule has 8 atom stereocenters. The molecular formula is C22H38O10. The van der Waals surface area contributed by atoms with E-state index in [0.717, 1.165) is 0 Å². The Bertz CT molecular complexity index is 634. The van der Waals surface area contributed by atoms with E-state index in [9.17, 15) is 10.2 Å². The van der Waals surface area contributed by atoms with E-state index in [1.807, 2.05) is 27.7 Å². The Hall–Kier alpha value is -0.400. The number of rotatable bonds is 5. The Morgan fingerprint density at radius 3 is 1.16 bits per heavy atom. The fourth-order valence-corrected chi connectivity index (χ4v) is 4.88. The lowest BCUT2D eigenvalue weighted by Crippen LogP contribution is -2.55. The summed E-state index contributed by atoms with van der Waals surface area (Å²) < 4.78 is 47.4. The lowest BCUT2D eigenvalue weighted by atomic mass is 9.93. The van der Waals surface area contributed by atoms with Crippen LogP contribution in [0.25, 0.3) is 0 Å². The van der Waals surface area contributed by atoms with Gasteiger partial charge in [-0.2, -0.15) is 0 Å². The van der Waals surface area contributed by atoms with Gasteiger partial charge in [0.05, 0.1) is 13.2 Å². The molecule has 186 valence electrons. The number of aliphatic hydroxyl groups excluding tert-OH is 2. The first-order valence-electron chi connectivity index (χ1n) is 11.3. The van der Waals surface area contributed by atoms with Crippen molar-refractivity contribution in [3.63, 3.8) is 0 Å². The van der Waals surface area contributed by atoms with E-state index in [1.54, 1.807) is 27.7 Å². The molecular weight excluding hydrogens is 424 g/mol. The molecule has 4 aliphatic heterocycles. The van der Waals surface area contributed by atoms with E-state index in [2.05, 4.69) is 0 Å². The summed E-state index contributed by atoms with van der Waals surface area (Å²) in [6, 6.07) is 0. The van der Waals surface area contributed by atoms with Crippen molar-refractivity contribution in [3.8, 4) is 0 Å². The quantitative estimate of drug-likeness (QED) is 0.614. The van der Waals surface area contributed by atoms with Gasteiger partial charge in [0, 0.05) is 0 Å². The predicted octanol–water partition coefficient (Wildman–Crippen LogP) is 1.05. The first kappa shape index (κ1) is 24.7. The van der Waals surface area contributed by atoms with Gasteiger partial charge in [0.1, 0.15) is 48.8 Å². The second kappa shape index (κ2) is 8.08. The molecule has 0 radical (unpaired) electrons. The highest BCUT2D eigenvalue weighted by atomic mass is 16.8. The Kier molecular flexibility index (Phi) is 6.24. The molecule has 10 nitrogen and oxygen atoms in total. The van der Waals surface area contributed by atoms with Crippen molar-refractivity contribution in [3.05, 3.63) is 0 Å². The van der Waals surface area contributed by atoms with Gasteiger partial charge in [0.25, 0.3) is 0 Å². The van der Waals surface area contributed by atoms with E-state index in [-0.39, 0.29) is 13.2 Å². The molecule has 4 heterocycles. The monoisotopic (exact) mass is 462 g/mol. The Balaban J connectivity index is 1.52. The predicted molar refractivity (Wildman–Crippen MR) is 109 cm³/mol. The molecule has 4 rings (SSSR count). The minimum Gasteiger partial charge on any atom is -0.387 e. The molecule has 0 aromatic carbocycles. The highest BCUT2D eigenvalue weighted by Crippen LogP contribution is 2.41. The first-order valence-corrected chi connectivity index (χ1v) is 11.3. The number of hydrogen-bond acceptors (Lipinski definition) is 10. The van der Waals surface area contributed by atoms with Gasteiger partial charge in [-0.25, -0.2) is 0 Å². The first-order chi connectivity index (χ1) is 14.6. The zero-order valence-corrected chi connectivity index (χ0v) is 20.2. The molecule has 0 unspecified atom stereocenters. The van der Waals surface area contributed by atoms with Crippen molar-refractivity contribution in [1.82, 2.24) is 0 Å². The molecule has 4 saturated heterocycles. The second-order valence-corrected chi connectivity index (χ2v) is 10.8. The summed E-state index contributed by atoms with van der Waals surface area (Å²) >= 11 is 0. The van der Waals surface area contributed by atoms with Gasteiger partial charge in [0.15, 0.2) is 23.1 Å². The molecule has 0 amide bonds. The molecule has 0 aromatic heterocycles. The topological polar surface area (TPSA) is 114 Å². The molecule has 4 fully saturated rings. The van der Waals surface area contributed by atoms with Crippen molar-refractivity contribution in [2.75, 3.05) is 13.2 Å². The highest BCUT2D eigenvalue weighted by molar-refractivity contribution is 5.01. The van der Waals surface area contributed by atoms with Crippen molar-refractivity contribution in [2.24, 2.45) is 0 Å². The molecule has 0 bridgehead atoms. The maximum absolute atomic E-state index is 11.2. The maximum Gasteiger partial charge on any atom is 0.164 e. The molecule has 4 aliphatic rings. The number of hydrogen-bond donors (Lipinski definition) is 2. The van der Waals surface area contributed by atoms with E-state index in [1.165, 1.54) is 0 Å². The third kappa shape index (κ3) is 5.00. The summed E-state index contributed by atoms with van der Waals surface area (Å²) in [5.41, 5.74) is 0. The van der Waals surface area contributed by atoms with Crippen LogP contribution in [0.15, 0.2) is 0 Å². The number of ether oxygens (including phenoxy) is 8. The van der Waals surface area contributed by atoms with Gasteiger partial charge < -0.3 is 48.1 Å². The minimum absolute atomic E-state index is 0.289. The van der Waals surface area contributed by atoms with Crippen LogP contribution in [0.5, 0.6) is 0 Å². The fraction of sp³-hybridized carbons (Fsp3) is 1.00. The van der Waals surface area contributed by atoms with Crippen LogP contribution in [-0.4, -0.2) is 95.4 Å². The van der Waals surface area contributed by atoms with Crippen LogP contribution < -0.4 is 0 Å². The smallest absolute Gasteiger partial charge is 0.164 e. The van der Waals surface area contributed by atoms with E-state index in [0.29, 0.717) is 0 Å². The number of aliphatic hydroxyl groups is 2. The van der Waals surface area contributed by atoms with Crippen molar-refractivity contribution in [2.45, 2.75) is 127 Å². The largest absolute Gasteiger partial charge is 0.387 e. The fourth-order valence-electron chi connectivity index (χ4n) is 4.88. The summed E-state index contributed by atoms with van der Waals surface area (Å²) in [6.07, 6.45) is -6.62. The van der Waals surface area contributed by atoms with Crippen LogP contribution in [0.4, 0.5) is 0 Å². The van der Waals surface area contributed by atoms with Gasteiger partial charge >= 0.3 is 0 Å². The lowest BCUT2D eigenvalue weighted by Gasteiger charge is -2.33. The molecule has 32 heavy (non-hydrogen) atoms. The van der Waals surface area contributed by atoms with Gasteiger partial charge in [0.2, 0.25) is 0 Å². The van der Waals surface area contributed by atoms with Crippen molar-refractivity contribution in [1.29, 1.82) is 0 Å². The van der Waals surface area contributed by atoms with Crippen LogP contribution in [0.1, 0.15) is 55.4 Å². The summed E-state index contributed by atoms with van der Waals surface area (Å²) in [5, 5.41) is 22.5. The average Bonchev–Trinajstić information content (AvgIpc) is 3.37. The summed E-state index contributed by atoms with van der Waals surface area (Å²) in [5.74, 6) is -3.47. The van der Waals surface area contributed by atoms with Crippen molar-refractivity contribution >= 4 is 0 Å². The van der Waals surface area contributed by atoms with E-state index in [4.69, 9.17) is 37.9 Å². The highest BCUT2D eigenvalue weighted by Gasteiger charge is 2.58. The third-order valence-corrected chi connectivity index (χ3v) is 6.14. The lowest BCUT2D eigenvalue weighted by molar-refractivity contribution is -0.184. The van der Waals surface area contributed by atoms with Crippen molar-refractivity contribution < 1.29 is 48.1 Å². The van der Waals surface area contributed by atoms with Crippen LogP contribution in [0.2, 0.25) is 0 Å². The Morgan fingerprint density at radius 1 is 0.531 bits per heavy atom. The summed E-state index contributed by atoms with van der Waals surface area (Å²) in [7, 11) is 0. The second-order valence-electron chi connectivity index (χ2n) is 10.8. The van der Waals surface area contributed by atoms with Crippen LogP contribution >= 0.6 is 0 Å². The normalized spacial score (nSPS) is 44.1. The standard InChI is InChI=1S/C22H38O10/c1-19(2)25-9-11(27-19)15-17(31-21(5,6)29-15)13(23)14(24)18-16(30-22(7,8)32-18)12-10-26-20(3,4)28-12/h11-18,23-24H,9-10H2,1-8H3/t11-,12-,13-,14-,15+,16+,17-,18-/m1/s1. The molecule has 0 aromatic rings. The Morgan fingerprint density at radius 2 is 0.875 bits per heavy atom. The molecule has 0 spiro atoms. The third-order valence-electron chi connectivity index (χ3n) is 6.14. The van der Waals surface area contributed by atoms with Gasteiger partial charge in [-0.1, -0.05) is 0 Å². The zero-order valence-electron chi connectivity index (χ0n) is 20.2. The average molecular weight is 463 g/mol. The van der Waals surface area contributed by atoms with Gasteiger partial charge in [-0.15, -0.1) is 0 Å². The van der Waals surface area contributed by atoms with Crippen LogP contribution in [-0.2, 0) is 37.9 Å². The Labute approximate surface area is 189 Å². The van der Waals surface area contributed by atoms with Gasteiger partial charge in [-0.05, 0) is 55.4 Å². The SMILES string of the molecule is CC1(C)O[C@H]([C@H](O)[C@@H](O)[C@H]2OC(C)(C)O[C@H]2[C@H]2COC(C)(C)O2)[C@H]([C@H]2COC(C)(C)O2)O1. The maximum atomic E-state index is 11.2. The summed E-state index contributed by atoms with van der Waals surface area (Å²) in [4.78, 5) is 0. The van der Waals surface area contributed by atoms with Crippen LogP contribution in [0, 0.1) is 0 Å². The molecule has 0 aliphatic carbocycles. The van der Waals surface area contributed by atoms with Crippen LogP contribution in [0.3, 0.4) is 0 Å². The summed E-state index contributed by atoms with van der Waals surface area (Å²) in [6.45, 7) is 14.9. The molecule has 10 heteroatoms. The molecule has 0 saturated carbocycles. The van der Waals surface area contributed by atoms with E-state index >= 15 is 0 Å². The zero-order chi connectivity index (χ0) is 23.7. The van der Waals surface area contributed by atoms with E-state index < -0.39 is 72.0 Å². The molecule has 2 N–H and O–H groups in total. The van der Waals surface area contributed by atoms with Gasteiger partial charge in [-0.3, -0.25) is 0 Å². The minimum atomic E-state index is -1.34.